The maximum atomic E-state index is 11.8. The Labute approximate surface area is 147 Å². The van der Waals surface area contributed by atoms with Crippen molar-refractivity contribution in [3.63, 3.8) is 0 Å². The fourth-order valence-corrected chi connectivity index (χ4v) is 3.42. The standard InChI is InChI=1S/C16H24BClN2O4/c18-13-3-5-14(6-4-13)20-10-7-12(11-20)16(19,15(21)22)8-1-2-9-17(23)24/h3-6,12,23-24H,1-2,7-11,19H2,(H,21,22). The summed E-state index contributed by atoms with van der Waals surface area (Å²) in [5, 5.41) is 28.1. The first-order valence-electron chi connectivity index (χ1n) is 8.22. The maximum Gasteiger partial charge on any atom is 0.451 e. The Bertz CT molecular complexity index is 558. The van der Waals surface area contributed by atoms with Gasteiger partial charge in [-0.25, -0.2) is 0 Å². The molecule has 1 heterocycles. The van der Waals surface area contributed by atoms with Crippen LogP contribution < -0.4 is 10.6 Å². The number of carboxylic acid groups (broad SMARTS) is 1. The van der Waals surface area contributed by atoms with Crippen molar-refractivity contribution in [1.82, 2.24) is 0 Å². The smallest absolute Gasteiger partial charge is 0.451 e. The molecule has 1 aromatic carbocycles. The number of unbranched alkanes of at least 4 members (excludes halogenated alkanes) is 1. The minimum Gasteiger partial charge on any atom is -0.480 e. The zero-order chi connectivity index (χ0) is 17.7. The van der Waals surface area contributed by atoms with Crippen LogP contribution in [0, 0.1) is 5.92 Å². The SMILES string of the molecule is NC(CCCCB(O)O)(C(=O)O)C1CCN(c2ccc(Cl)cc2)C1. The molecule has 0 aliphatic carbocycles. The molecule has 0 aromatic heterocycles. The molecule has 24 heavy (non-hydrogen) atoms. The van der Waals surface area contributed by atoms with Gasteiger partial charge in [0.1, 0.15) is 5.54 Å². The van der Waals surface area contributed by atoms with Gasteiger partial charge in [-0.3, -0.25) is 4.79 Å². The second-order valence-electron chi connectivity index (χ2n) is 6.48. The number of nitrogens with zero attached hydrogens (tertiary/aromatic N) is 1. The minimum atomic E-state index is -1.35. The summed E-state index contributed by atoms with van der Waals surface area (Å²) in [6.07, 6.45) is 2.37. The van der Waals surface area contributed by atoms with Gasteiger partial charge in [-0.05, 0) is 43.4 Å². The number of anilines is 1. The number of carboxylic acids is 1. The predicted octanol–water partition coefficient (Wildman–Crippen LogP) is 1.59. The highest BCUT2D eigenvalue weighted by atomic mass is 35.5. The van der Waals surface area contributed by atoms with Crippen LogP contribution in [0.15, 0.2) is 24.3 Å². The maximum absolute atomic E-state index is 11.8. The van der Waals surface area contributed by atoms with Crippen LogP contribution in [0.2, 0.25) is 11.3 Å². The van der Waals surface area contributed by atoms with Crippen LogP contribution in [0.3, 0.4) is 0 Å². The van der Waals surface area contributed by atoms with Gasteiger partial charge in [0, 0.05) is 29.7 Å². The van der Waals surface area contributed by atoms with E-state index in [2.05, 4.69) is 4.90 Å². The van der Waals surface area contributed by atoms with Gasteiger partial charge in [0.05, 0.1) is 0 Å². The summed E-state index contributed by atoms with van der Waals surface area (Å²) in [5.74, 6) is -1.14. The lowest BCUT2D eigenvalue weighted by Crippen LogP contribution is -2.55. The van der Waals surface area contributed by atoms with Gasteiger partial charge >= 0.3 is 13.1 Å². The highest BCUT2D eigenvalue weighted by molar-refractivity contribution is 6.40. The van der Waals surface area contributed by atoms with Crippen molar-refractivity contribution in [1.29, 1.82) is 0 Å². The van der Waals surface area contributed by atoms with E-state index in [1.165, 1.54) is 0 Å². The molecule has 1 aliphatic rings. The van der Waals surface area contributed by atoms with Gasteiger partial charge in [0.2, 0.25) is 0 Å². The first-order valence-corrected chi connectivity index (χ1v) is 8.59. The Morgan fingerprint density at radius 3 is 2.58 bits per heavy atom. The molecule has 5 N–H and O–H groups in total. The molecule has 2 rings (SSSR count). The molecule has 0 bridgehead atoms. The zero-order valence-corrected chi connectivity index (χ0v) is 14.3. The number of nitrogens with two attached hydrogens (primary N) is 1. The summed E-state index contributed by atoms with van der Waals surface area (Å²) >= 11 is 5.90. The van der Waals surface area contributed by atoms with E-state index in [-0.39, 0.29) is 12.2 Å². The van der Waals surface area contributed by atoms with Gasteiger partial charge in [-0.1, -0.05) is 24.4 Å². The molecular weight excluding hydrogens is 330 g/mol. The van der Waals surface area contributed by atoms with Crippen molar-refractivity contribution >= 4 is 30.4 Å². The molecule has 8 heteroatoms. The molecule has 0 spiro atoms. The molecule has 132 valence electrons. The highest BCUT2D eigenvalue weighted by Crippen LogP contribution is 2.33. The normalized spacial score (nSPS) is 20.0. The van der Waals surface area contributed by atoms with E-state index in [0.29, 0.717) is 37.3 Å². The Morgan fingerprint density at radius 1 is 1.33 bits per heavy atom. The van der Waals surface area contributed by atoms with Gasteiger partial charge in [-0.2, -0.15) is 0 Å². The van der Waals surface area contributed by atoms with Crippen LogP contribution in [-0.2, 0) is 4.79 Å². The quantitative estimate of drug-likeness (QED) is 0.417. The van der Waals surface area contributed by atoms with E-state index in [1.807, 2.05) is 24.3 Å². The first kappa shape index (κ1) is 19.1. The largest absolute Gasteiger partial charge is 0.480 e. The van der Waals surface area contributed by atoms with Crippen LogP contribution in [0.4, 0.5) is 5.69 Å². The van der Waals surface area contributed by atoms with Crippen molar-refractivity contribution in [2.24, 2.45) is 11.7 Å². The lowest BCUT2D eigenvalue weighted by molar-refractivity contribution is -0.145. The average Bonchev–Trinajstić information content (AvgIpc) is 3.02. The molecule has 0 amide bonds. The molecule has 1 saturated heterocycles. The van der Waals surface area contributed by atoms with E-state index in [1.54, 1.807) is 0 Å². The zero-order valence-electron chi connectivity index (χ0n) is 13.6. The topological polar surface area (TPSA) is 107 Å². The molecular formula is C16H24BClN2O4. The van der Waals surface area contributed by atoms with Gasteiger partial charge in [0.15, 0.2) is 0 Å². The Balaban J connectivity index is 1.98. The van der Waals surface area contributed by atoms with Crippen LogP contribution in [0.5, 0.6) is 0 Å². The summed E-state index contributed by atoms with van der Waals surface area (Å²) in [6.45, 7) is 1.35. The number of hydrogen-bond donors (Lipinski definition) is 4. The number of benzene rings is 1. The van der Waals surface area contributed by atoms with Crippen molar-refractivity contribution in [3.05, 3.63) is 29.3 Å². The third-order valence-electron chi connectivity index (χ3n) is 4.81. The average molecular weight is 355 g/mol. The van der Waals surface area contributed by atoms with Crippen molar-refractivity contribution < 1.29 is 19.9 Å². The van der Waals surface area contributed by atoms with E-state index >= 15 is 0 Å². The monoisotopic (exact) mass is 354 g/mol. The number of rotatable bonds is 8. The molecule has 1 fully saturated rings. The lowest BCUT2D eigenvalue weighted by Gasteiger charge is -2.31. The number of carbonyl (C=O) groups is 1. The van der Waals surface area contributed by atoms with Gasteiger partial charge in [0.25, 0.3) is 0 Å². The van der Waals surface area contributed by atoms with E-state index < -0.39 is 18.6 Å². The van der Waals surface area contributed by atoms with Crippen LogP contribution >= 0.6 is 11.6 Å². The van der Waals surface area contributed by atoms with Crippen LogP contribution in [0.25, 0.3) is 0 Å². The van der Waals surface area contributed by atoms with E-state index in [4.69, 9.17) is 27.4 Å². The van der Waals surface area contributed by atoms with Gasteiger partial charge in [-0.15, -0.1) is 0 Å². The van der Waals surface area contributed by atoms with Crippen molar-refractivity contribution in [2.45, 2.75) is 37.5 Å². The molecule has 0 radical (unpaired) electrons. The van der Waals surface area contributed by atoms with E-state index in [0.717, 1.165) is 12.2 Å². The Hall–Kier alpha value is -1.28. The van der Waals surface area contributed by atoms with Crippen LogP contribution in [0.1, 0.15) is 25.7 Å². The Kier molecular flexibility index (Phi) is 6.51. The first-order chi connectivity index (χ1) is 11.3. The molecule has 6 nitrogen and oxygen atoms in total. The third kappa shape index (κ3) is 4.63. The molecule has 0 saturated carbocycles. The minimum absolute atomic E-state index is 0.148. The molecule has 1 aliphatic heterocycles. The fraction of sp³-hybridized carbons (Fsp3) is 0.562. The highest BCUT2D eigenvalue weighted by Gasteiger charge is 2.44. The summed E-state index contributed by atoms with van der Waals surface area (Å²) in [4.78, 5) is 13.9. The van der Waals surface area contributed by atoms with Crippen LogP contribution in [-0.4, -0.2) is 46.9 Å². The predicted molar refractivity (Wildman–Crippen MR) is 95.2 cm³/mol. The molecule has 2 atom stereocenters. The van der Waals surface area contributed by atoms with Crippen molar-refractivity contribution in [3.8, 4) is 0 Å². The summed E-state index contributed by atoms with van der Waals surface area (Å²) < 4.78 is 0. The number of aliphatic carboxylic acids is 1. The summed E-state index contributed by atoms with van der Waals surface area (Å²) in [6, 6.07) is 7.48. The summed E-state index contributed by atoms with van der Waals surface area (Å²) in [5.41, 5.74) is 5.98. The second kappa shape index (κ2) is 8.20. The van der Waals surface area contributed by atoms with Gasteiger partial charge < -0.3 is 25.8 Å². The van der Waals surface area contributed by atoms with Crippen molar-refractivity contribution in [2.75, 3.05) is 18.0 Å². The Morgan fingerprint density at radius 2 is 2.00 bits per heavy atom. The molecule has 2 unspecified atom stereocenters. The third-order valence-corrected chi connectivity index (χ3v) is 5.06. The number of hydrogen-bond acceptors (Lipinski definition) is 5. The number of halogens is 1. The molecule has 1 aromatic rings. The van der Waals surface area contributed by atoms with E-state index in [9.17, 15) is 9.90 Å². The fourth-order valence-electron chi connectivity index (χ4n) is 3.30. The summed E-state index contributed by atoms with van der Waals surface area (Å²) in [7, 11) is -1.35. The lowest BCUT2D eigenvalue weighted by atomic mass is 9.77. The second-order valence-corrected chi connectivity index (χ2v) is 6.92.